The fourth-order valence-electron chi connectivity index (χ4n) is 4.32. The van der Waals surface area contributed by atoms with Crippen molar-refractivity contribution in [2.45, 2.75) is 27.7 Å². The number of carbonyl (C=O) groups excluding carboxylic acids is 2. The highest BCUT2D eigenvalue weighted by Crippen LogP contribution is 2.30. The molecule has 5 aromatic rings. The van der Waals surface area contributed by atoms with Gasteiger partial charge in [0.15, 0.2) is 10.3 Å². The lowest BCUT2D eigenvalue weighted by atomic mass is 10.0. The van der Waals surface area contributed by atoms with Gasteiger partial charge >= 0.3 is 0 Å². The molecule has 190 valence electrons. The Bertz CT molecular complexity index is 1550. The molecule has 0 aliphatic carbocycles. The van der Waals surface area contributed by atoms with Gasteiger partial charge in [0, 0.05) is 21.9 Å². The zero-order chi connectivity index (χ0) is 26.8. The third-order valence-corrected chi connectivity index (χ3v) is 7.70. The molecule has 0 atom stereocenters. The van der Waals surface area contributed by atoms with E-state index in [1.165, 1.54) is 33.8 Å². The molecule has 2 amide bonds. The van der Waals surface area contributed by atoms with E-state index in [-0.39, 0.29) is 11.1 Å². The second kappa shape index (κ2) is 10.7. The van der Waals surface area contributed by atoms with E-state index in [0.29, 0.717) is 10.3 Å². The summed E-state index contributed by atoms with van der Waals surface area (Å²) in [6, 6.07) is 19.1. The van der Waals surface area contributed by atoms with E-state index in [2.05, 4.69) is 46.6 Å². The van der Waals surface area contributed by atoms with E-state index in [9.17, 15) is 9.59 Å². The minimum Gasteiger partial charge on any atom is -0.298 e. The summed E-state index contributed by atoms with van der Waals surface area (Å²) in [4.78, 5) is 35.5. The molecule has 0 aliphatic heterocycles. The Morgan fingerprint density at radius 3 is 1.45 bits per heavy atom. The first-order chi connectivity index (χ1) is 18.3. The summed E-state index contributed by atoms with van der Waals surface area (Å²) in [5.74, 6) is -0.792. The zero-order valence-corrected chi connectivity index (χ0v) is 23.1. The third kappa shape index (κ3) is 5.41. The first kappa shape index (κ1) is 25.5. The van der Waals surface area contributed by atoms with Gasteiger partial charge in [-0.15, -0.1) is 22.7 Å². The Kier molecular flexibility index (Phi) is 7.18. The summed E-state index contributed by atoms with van der Waals surface area (Å²) in [5.41, 5.74) is 8.80. The van der Waals surface area contributed by atoms with Crippen LogP contribution in [0.25, 0.3) is 22.5 Å². The van der Waals surface area contributed by atoms with Crippen LogP contribution >= 0.6 is 22.7 Å². The lowest BCUT2D eigenvalue weighted by molar-refractivity contribution is 0.0990. The number of aryl methyl sites for hydroxylation is 4. The Labute approximate surface area is 229 Å². The Balaban J connectivity index is 1.32. The number of hydrogen-bond acceptors (Lipinski definition) is 6. The predicted octanol–water partition coefficient (Wildman–Crippen LogP) is 7.67. The average molecular weight is 539 g/mol. The summed E-state index contributed by atoms with van der Waals surface area (Å²) in [7, 11) is 0. The molecule has 0 saturated carbocycles. The van der Waals surface area contributed by atoms with Crippen molar-refractivity contribution in [1.29, 1.82) is 0 Å². The monoisotopic (exact) mass is 538 g/mol. The summed E-state index contributed by atoms with van der Waals surface area (Å²) < 4.78 is 0. The molecule has 2 N–H and O–H groups in total. The van der Waals surface area contributed by atoms with Crippen LogP contribution in [0.1, 0.15) is 43.0 Å². The molecule has 6 nitrogen and oxygen atoms in total. The van der Waals surface area contributed by atoms with Crippen LogP contribution in [0.3, 0.4) is 0 Å². The van der Waals surface area contributed by atoms with Crippen LogP contribution in [0.4, 0.5) is 10.3 Å². The molecule has 2 aromatic heterocycles. The largest absolute Gasteiger partial charge is 0.298 e. The number of carbonyl (C=O) groups is 2. The van der Waals surface area contributed by atoms with Gasteiger partial charge in [-0.05, 0) is 51.0 Å². The number of hydrogen-bond donors (Lipinski definition) is 2. The molecule has 2 heterocycles. The maximum absolute atomic E-state index is 13.2. The number of thiazole rings is 2. The average Bonchev–Trinajstić information content (AvgIpc) is 3.54. The van der Waals surface area contributed by atoms with Crippen LogP contribution in [-0.2, 0) is 0 Å². The Hall–Kier alpha value is -4.14. The highest BCUT2D eigenvalue weighted by Gasteiger charge is 2.19. The SMILES string of the molecule is Cc1ccc(-c2csc(NC(=O)c3ccccc3C(=O)Nc3nc(-c4ccc(C)cc4C)cs3)n2)c(C)c1. The minimum atomic E-state index is -0.396. The van der Waals surface area contributed by atoms with Crippen LogP contribution < -0.4 is 10.6 Å². The summed E-state index contributed by atoms with van der Waals surface area (Å²) in [5, 5.41) is 10.5. The van der Waals surface area contributed by atoms with Gasteiger partial charge in [0.25, 0.3) is 11.8 Å². The lowest BCUT2D eigenvalue weighted by Gasteiger charge is -2.08. The number of nitrogens with zero attached hydrogens (tertiary/aromatic N) is 2. The number of aromatic nitrogens is 2. The normalized spacial score (nSPS) is 10.8. The maximum atomic E-state index is 13.2. The molecule has 38 heavy (non-hydrogen) atoms. The predicted molar refractivity (Wildman–Crippen MR) is 156 cm³/mol. The second-order valence-corrected chi connectivity index (χ2v) is 10.9. The summed E-state index contributed by atoms with van der Waals surface area (Å²) in [6.45, 7) is 8.19. The molecular weight excluding hydrogens is 512 g/mol. The molecule has 8 heteroatoms. The maximum Gasteiger partial charge on any atom is 0.258 e. The molecule has 0 unspecified atom stereocenters. The Morgan fingerprint density at radius 2 is 1.05 bits per heavy atom. The van der Waals surface area contributed by atoms with Gasteiger partial charge in [-0.1, -0.05) is 59.7 Å². The van der Waals surface area contributed by atoms with E-state index in [0.717, 1.165) is 33.6 Å². The Morgan fingerprint density at radius 1 is 0.632 bits per heavy atom. The molecule has 3 aromatic carbocycles. The minimum absolute atomic E-state index is 0.263. The van der Waals surface area contributed by atoms with Crippen molar-refractivity contribution in [3.63, 3.8) is 0 Å². The highest BCUT2D eigenvalue weighted by molar-refractivity contribution is 7.14. The summed E-state index contributed by atoms with van der Waals surface area (Å²) in [6.07, 6.45) is 0. The third-order valence-electron chi connectivity index (χ3n) is 6.18. The topological polar surface area (TPSA) is 84.0 Å². The van der Waals surface area contributed by atoms with Gasteiger partial charge in [0.2, 0.25) is 0 Å². The molecule has 0 bridgehead atoms. The molecule has 0 spiro atoms. The number of amides is 2. The van der Waals surface area contributed by atoms with E-state index in [4.69, 9.17) is 0 Å². The molecule has 0 fully saturated rings. The van der Waals surface area contributed by atoms with Crippen molar-refractivity contribution >= 4 is 44.8 Å². The zero-order valence-electron chi connectivity index (χ0n) is 21.5. The number of rotatable bonds is 6. The van der Waals surface area contributed by atoms with Crippen molar-refractivity contribution in [3.8, 4) is 22.5 Å². The summed E-state index contributed by atoms with van der Waals surface area (Å²) >= 11 is 2.70. The van der Waals surface area contributed by atoms with Gasteiger partial charge in [-0.25, -0.2) is 9.97 Å². The van der Waals surface area contributed by atoms with E-state index >= 15 is 0 Å². The molecule has 0 saturated heterocycles. The molecule has 0 radical (unpaired) electrons. The van der Waals surface area contributed by atoms with Crippen LogP contribution in [0, 0.1) is 27.7 Å². The van der Waals surface area contributed by atoms with E-state index in [1.807, 2.05) is 48.9 Å². The number of nitrogens with one attached hydrogen (secondary N) is 2. The van der Waals surface area contributed by atoms with Crippen LogP contribution in [0.15, 0.2) is 71.4 Å². The van der Waals surface area contributed by atoms with Crippen molar-refractivity contribution in [2.75, 3.05) is 10.6 Å². The van der Waals surface area contributed by atoms with Crippen molar-refractivity contribution in [1.82, 2.24) is 9.97 Å². The fraction of sp³-hybridized carbons (Fsp3) is 0.133. The van der Waals surface area contributed by atoms with Gasteiger partial charge in [-0.3, -0.25) is 20.2 Å². The first-order valence-corrected chi connectivity index (χ1v) is 13.8. The van der Waals surface area contributed by atoms with Crippen molar-refractivity contribution in [3.05, 3.63) is 105 Å². The van der Waals surface area contributed by atoms with E-state index in [1.54, 1.807) is 24.3 Å². The second-order valence-electron chi connectivity index (χ2n) is 9.17. The highest BCUT2D eigenvalue weighted by atomic mass is 32.1. The fourth-order valence-corrected chi connectivity index (χ4v) is 5.73. The molecular formula is C30H26N4O2S2. The standard InChI is InChI=1S/C30H26N4O2S2/c1-17-9-11-21(19(3)13-17)25-15-37-29(31-25)33-27(35)23-7-5-6-8-24(23)28(36)34-30-32-26(16-38-30)22-12-10-18(2)14-20(22)4/h5-16H,1-4H3,(H,31,33,35)(H,32,34,36). The van der Waals surface area contributed by atoms with Gasteiger partial charge in [0.1, 0.15) is 0 Å². The molecule has 0 aliphatic rings. The van der Waals surface area contributed by atoms with Gasteiger partial charge in [-0.2, -0.15) is 0 Å². The first-order valence-electron chi connectivity index (χ1n) is 12.1. The lowest BCUT2D eigenvalue weighted by Crippen LogP contribution is -2.20. The molecule has 5 rings (SSSR count). The van der Waals surface area contributed by atoms with E-state index < -0.39 is 11.8 Å². The number of anilines is 2. The van der Waals surface area contributed by atoms with Crippen LogP contribution in [-0.4, -0.2) is 21.8 Å². The van der Waals surface area contributed by atoms with Gasteiger partial charge < -0.3 is 0 Å². The van der Waals surface area contributed by atoms with Crippen molar-refractivity contribution < 1.29 is 9.59 Å². The van der Waals surface area contributed by atoms with Crippen LogP contribution in [0.5, 0.6) is 0 Å². The van der Waals surface area contributed by atoms with Crippen molar-refractivity contribution in [2.24, 2.45) is 0 Å². The quantitative estimate of drug-likeness (QED) is 0.232. The smallest absolute Gasteiger partial charge is 0.258 e. The van der Waals surface area contributed by atoms with Crippen LogP contribution in [0.2, 0.25) is 0 Å². The number of benzene rings is 3. The van der Waals surface area contributed by atoms with Gasteiger partial charge in [0.05, 0.1) is 22.5 Å².